The van der Waals surface area contributed by atoms with Crippen LogP contribution in [0.25, 0.3) is 10.9 Å². The molecule has 1 aromatic heterocycles. The molecule has 0 bridgehead atoms. The third-order valence-corrected chi connectivity index (χ3v) is 2.58. The first-order valence-electron chi connectivity index (χ1n) is 5.20. The third kappa shape index (κ3) is 2.29. The first kappa shape index (κ1) is 12.0. The molecule has 1 N–H and O–H groups in total. The second kappa shape index (κ2) is 4.07. The number of halogens is 3. The van der Waals surface area contributed by atoms with E-state index in [-0.39, 0.29) is 5.39 Å². The van der Waals surface area contributed by atoms with E-state index in [1.54, 1.807) is 12.3 Å². The molecule has 0 aliphatic heterocycles. The number of aromatic amines is 1. The maximum atomic E-state index is 12.9. The second-order valence-electron chi connectivity index (χ2n) is 4.28. The molecule has 0 saturated heterocycles. The van der Waals surface area contributed by atoms with Crippen LogP contribution in [0.2, 0.25) is 0 Å². The number of aromatic nitrogens is 1. The number of nitrogens with zero attached hydrogens (tertiary/aromatic N) is 1. The van der Waals surface area contributed by atoms with E-state index in [1.165, 1.54) is 6.07 Å². The molecular weight excluding hydrogens is 229 g/mol. The lowest BCUT2D eigenvalue weighted by Crippen LogP contribution is -2.12. The van der Waals surface area contributed by atoms with Gasteiger partial charge in [-0.1, -0.05) is 6.07 Å². The monoisotopic (exact) mass is 242 g/mol. The molecule has 0 radical (unpaired) electrons. The lowest BCUT2D eigenvalue weighted by atomic mass is 10.1. The lowest BCUT2D eigenvalue weighted by molar-refractivity contribution is -0.136. The van der Waals surface area contributed by atoms with Gasteiger partial charge in [0.1, 0.15) is 0 Å². The highest BCUT2D eigenvalue weighted by Gasteiger charge is 2.33. The van der Waals surface area contributed by atoms with Crippen molar-refractivity contribution in [2.75, 3.05) is 14.1 Å². The second-order valence-corrected chi connectivity index (χ2v) is 4.28. The number of rotatable bonds is 2. The summed E-state index contributed by atoms with van der Waals surface area (Å²) >= 11 is 0. The van der Waals surface area contributed by atoms with Crippen LogP contribution in [0.1, 0.15) is 11.1 Å². The number of alkyl halides is 3. The molecular formula is C12H13F3N2. The van der Waals surface area contributed by atoms with Gasteiger partial charge in [-0.2, -0.15) is 13.2 Å². The molecule has 2 rings (SSSR count). The van der Waals surface area contributed by atoms with Crippen LogP contribution in [0.3, 0.4) is 0 Å². The molecule has 2 nitrogen and oxygen atoms in total. The SMILES string of the molecule is CN(C)Cc1c[nH]c2cccc(C(F)(F)F)c12. The maximum Gasteiger partial charge on any atom is 0.417 e. The van der Waals surface area contributed by atoms with Crippen molar-refractivity contribution in [1.29, 1.82) is 0 Å². The van der Waals surface area contributed by atoms with Gasteiger partial charge in [-0.25, -0.2) is 0 Å². The minimum Gasteiger partial charge on any atom is -0.361 e. The van der Waals surface area contributed by atoms with Crippen LogP contribution >= 0.6 is 0 Å². The van der Waals surface area contributed by atoms with Crippen molar-refractivity contribution in [2.45, 2.75) is 12.7 Å². The van der Waals surface area contributed by atoms with E-state index in [4.69, 9.17) is 0 Å². The Bertz CT molecular complexity index is 526. The minimum absolute atomic E-state index is 0.272. The molecule has 0 atom stereocenters. The summed E-state index contributed by atoms with van der Waals surface area (Å²) in [5.74, 6) is 0. The number of fused-ring (bicyclic) bond motifs is 1. The molecule has 0 aliphatic rings. The van der Waals surface area contributed by atoms with Gasteiger partial charge in [0.2, 0.25) is 0 Å². The largest absolute Gasteiger partial charge is 0.417 e. The van der Waals surface area contributed by atoms with Crippen LogP contribution in [0.5, 0.6) is 0 Å². The average Bonchev–Trinajstić information content (AvgIpc) is 2.59. The molecule has 2 aromatic rings. The van der Waals surface area contributed by atoms with Gasteiger partial charge in [0.15, 0.2) is 0 Å². The van der Waals surface area contributed by atoms with Crippen molar-refractivity contribution in [2.24, 2.45) is 0 Å². The highest BCUT2D eigenvalue weighted by Crippen LogP contribution is 2.36. The maximum absolute atomic E-state index is 12.9. The Hall–Kier alpha value is -1.49. The van der Waals surface area contributed by atoms with Crippen LogP contribution in [0.15, 0.2) is 24.4 Å². The highest BCUT2D eigenvalue weighted by atomic mass is 19.4. The van der Waals surface area contributed by atoms with Crippen LogP contribution in [-0.2, 0) is 12.7 Å². The Kier molecular flexibility index (Phi) is 2.87. The molecule has 0 unspecified atom stereocenters. The molecule has 0 fully saturated rings. The predicted molar refractivity (Wildman–Crippen MR) is 60.7 cm³/mol. The van der Waals surface area contributed by atoms with Crippen molar-refractivity contribution in [3.8, 4) is 0 Å². The normalized spacial score (nSPS) is 12.6. The molecule has 1 heterocycles. The van der Waals surface area contributed by atoms with E-state index in [2.05, 4.69) is 4.98 Å². The van der Waals surface area contributed by atoms with E-state index >= 15 is 0 Å². The minimum atomic E-state index is -4.32. The smallest absolute Gasteiger partial charge is 0.361 e. The van der Waals surface area contributed by atoms with Gasteiger partial charge in [0.25, 0.3) is 0 Å². The Balaban J connectivity index is 2.64. The quantitative estimate of drug-likeness (QED) is 0.856. The fourth-order valence-electron chi connectivity index (χ4n) is 1.96. The zero-order chi connectivity index (χ0) is 12.6. The summed E-state index contributed by atoms with van der Waals surface area (Å²) in [5, 5.41) is 0.272. The number of nitrogens with one attached hydrogen (secondary N) is 1. The van der Waals surface area contributed by atoms with Crippen molar-refractivity contribution in [3.63, 3.8) is 0 Å². The summed E-state index contributed by atoms with van der Waals surface area (Å²) in [4.78, 5) is 4.72. The molecule has 0 spiro atoms. The first-order valence-corrected chi connectivity index (χ1v) is 5.20. The summed E-state index contributed by atoms with van der Waals surface area (Å²) in [6, 6.07) is 4.19. The van der Waals surface area contributed by atoms with Gasteiger partial charge in [-0.15, -0.1) is 0 Å². The summed E-state index contributed by atoms with van der Waals surface area (Å²) in [6.45, 7) is 0.479. The molecule has 0 saturated carbocycles. The fourth-order valence-corrected chi connectivity index (χ4v) is 1.96. The van der Waals surface area contributed by atoms with Crippen LogP contribution in [-0.4, -0.2) is 24.0 Å². The number of hydrogen-bond acceptors (Lipinski definition) is 1. The van der Waals surface area contributed by atoms with Gasteiger partial charge in [-0.05, 0) is 31.8 Å². The van der Waals surface area contributed by atoms with Crippen molar-refractivity contribution >= 4 is 10.9 Å². The Morgan fingerprint density at radius 3 is 2.53 bits per heavy atom. The van der Waals surface area contributed by atoms with Crippen molar-refractivity contribution < 1.29 is 13.2 Å². The molecule has 0 aliphatic carbocycles. The first-order chi connectivity index (χ1) is 7.89. The molecule has 1 aromatic carbocycles. The fraction of sp³-hybridized carbons (Fsp3) is 0.333. The topological polar surface area (TPSA) is 19.0 Å². The molecule has 17 heavy (non-hydrogen) atoms. The third-order valence-electron chi connectivity index (χ3n) is 2.58. The van der Waals surface area contributed by atoms with E-state index in [9.17, 15) is 13.2 Å². The molecule has 0 amide bonds. The molecule has 92 valence electrons. The van der Waals surface area contributed by atoms with Crippen LogP contribution < -0.4 is 0 Å². The summed E-state index contributed by atoms with van der Waals surface area (Å²) in [7, 11) is 3.66. The predicted octanol–water partition coefficient (Wildman–Crippen LogP) is 3.25. The zero-order valence-electron chi connectivity index (χ0n) is 9.60. The van der Waals surface area contributed by atoms with Gasteiger partial charge >= 0.3 is 6.18 Å². The van der Waals surface area contributed by atoms with Gasteiger partial charge < -0.3 is 9.88 Å². The Morgan fingerprint density at radius 2 is 1.94 bits per heavy atom. The van der Waals surface area contributed by atoms with Gasteiger partial charge in [0, 0.05) is 23.6 Å². The average molecular weight is 242 g/mol. The van der Waals surface area contributed by atoms with E-state index in [1.807, 2.05) is 19.0 Å². The standard InChI is InChI=1S/C12H13F3N2/c1-17(2)7-8-6-16-10-5-3-4-9(11(8)10)12(13,14)15/h3-6,16H,7H2,1-2H3. The van der Waals surface area contributed by atoms with E-state index < -0.39 is 11.7 Å². The van der Waals surface area contributed by atoms with Crippen molar-refractivity contribution in [3.05, 3.63) is 35.5 Å². The Labute approximate surface area is 97.0 Å². The number of benzene rings is 1. The summed E-state index contributed by atoms with van der Waals surface area (Å²) in [6.07, 6.45) is -2.68. The summed E-state index contributed by atoms with van der Waals surface area (Å²) < 4.78 is 38.7. The lowest BCUT2D eigenvalue weighted by Gasteiger charge is -2.12. The molecule has 5 heteroatoms. The van der Waals surface area contributed by atoms with Crippen molar-refractivity contribution in [1.82, 2.24) is 9.88 Å². The van der Waals surface area contributed by atoms with Gasteiger partial charge in [-0.3, -0.25) is 0 Å². The Morgan fingerprint density at radius 1 is 1.24 bits per heavy atom. The highest BCUT2D eigenvalue weighted by molar-refractivity contribution is 5.87. The van der Waals surface area contributed by atoms with Gasteiger partial charge in [0.05, 0.1) is 5.56 Å². The van der Waals surface area contributed by atoms with E-state index in [0.29, 0.717) is 17.6 Å². The number of hydrogen-bond donors (Lipinski definition) is 1. The van der Waals surface area contributed by atoms with E-state index in [0.717, 1.165) is 6.07 Å². The van der Waals surface area contributed by atoms with Crippen LogP contribution in [0, 0.1) is 0 Å². The van der Waals surface area contributed by atoms with Crippen LogP contribution in [0.4, 0.5) is 13.2 Å². The number of H-pyrrole nitrogens is 1. The zero-order valence-corrected chi connectivity index (χ0v) is 9.60. The summed E-state index contributed by atoms with van der Waals surface area (Å²) in [5.41, 5.74) is 0.614.